The third-order valence-electron chi connectivity index (χ3n) is 6.10. The van der Waals surface area contributed by atoms with E-state index in [9.17, 15) is 0 Å². The van der Waals surface area contributed by atoms with E-state index < -0.39 is 0 Å². The fourth-order valence-electron chi connectivity index (χ4n) is 3.96. The van der Waals surface area contributed by atoms with Gasteiger partial charge in [0.15, 0.2) is 6.71 Å². The van der Waals surface area contributed by atoms with Crippen molar-refractivity contribution in [3.63, 3.8) is 0 Å². The van der Waals surface area contributed by atoms with Gasteiger partial charge in [-0.25, -0.2) is 0 Å². The van der Waals surface area contributed by atoms with Crippen LogP contribution in [0.15, 0.2) is 11.5 Å². The van der Waals surface area contributed by atoms with Crippen molar-refractivity contribution in [1.82, 2.24) is 4.90 Å². The molecule has 1 saturated heterocycles. The largest absolute Gasteiger partial charge is 0.343 e. The number of nitrogens with zero attached hydrogens (tertiary/aromatic N) is 1. The molecule has 0 spiro atoms. The van der Waals surface area contributed by atoms with Crippen LogP contribution in [0.25, 0.3) is 0 Å². The van der Waals surface area contributed by atoms with Gasteiger partial charge in [0.25, 0.3) is 0 Å². The molecule has 2 heterocycles. The summed E-state index contributed by atoms with van der Waals surface area (Å²) in [6.45, 7) is 18.7. The smallest absolute Gasteiger partial charge is 0.219 e. The molecule has 0 bridgehead atoms. The summed E-state index contributed by atoms with van der Waals surface area (Å²) in [5, 5.41) is 0. The number of methoxy groups -OCH3 is 1. The van der Waals surface area contributed by atoms with E-state index >= 15 is 0 Å². The molecule has 4 heteroatoms. The highest BCUT2D eigenvalue weighted by atomic mass is 16.7. The summed E-state index contributed by atoms with van der Waals surface area (Å²) >= 11 is 0. The Morgan fingerprint density at radius 3 is 2.09 bits per heavy atom. The van der Waals surface area contributed by atoms with Crippen LogP contribution in [0.1, 0.15) is 54.9 Å². The Morgan fingerprint density at radius 1 is 1.13 bits per heavy atom. The maximum atomic E-state index is 6.03. The molecule has 0 aliphatic carbocycles. The topological polar surface area (TPSA) is 21.7 Å². The van der Waals surface area contributed by atoms with Gasteiger partial charge in [-0.05, 0) is 38.0 Å². The molecule has 0 radical (unpaired) electrons. The Hall–Kier alpha value is -0.315. The zero-order valence-electron chi connectivity index (χ0n) is 16.5. The molecule has 1 unspecified atom stereocenters. The van der Waals surface area contributed by atoms with Gasteiger partial charge in [0.2, 0.25) is 6.41 Å². The SMILES string of the molecule is COC(OC(C)(C)C)N1CC=C(B2CC(C)(C)C(C)(C)C2)CC1. The Bertz CT molecular complexity index is 435. The Labute approximate surface area is 143 Å². The van der Waals surface area contributed by atoms with Crippen molar-refractivity contribution in [2.75, 3.05) is 20.2 Å². The molecule has 2 aliphatic heterocycles. The van der Waals surface area contributed by atoms with Gasteiger partial charge in [-0.15, -0.1) is 5.47 Å². The highest BCUT2D eigenvalue weighted by molar-refractivity contribution is 6.68. The number of hydrogen-bond donors (Lipinski definition) is 0. The average Bonchev–Trinajstić information content (AvgIpc) is 2.64. The van der Waals surface area contributed by atoms with E-state index in [2.05, 4.69) is 59.4 Å². The third kappa shape index (κ3) is 4.40. The maximum Gasteiger partial charge on any atom is 0.219 e. The summed E-state index contributed by atoms with van der Waals surface area (Å²) in [5.74, 6) is 0. The molecular weight excluding hydrogens is 285 g/mol. The van der Waals surface area contributed by atoms with Crippen LogP contribution in [-0.2, 0) is 9.47 Å². The molecule has 1 atom stereocenters. The molecule has 23 heavy (non-hydrogen) atoms. The van der Waals surface area contributed by atoms with E-state index in [-0.39, 0.29) is 12.0 Å². The van der Waals surface area contributed by atoms with Gasteiger partial charge in [0.05, 0.1) is 5.60 Å². The summed E-state index contributed by atoms with van der Waals surface area (Å²) in [6, 6.07) is 0. The molecule has 2 rings (SSSR count). The normalized spacial score (nSPS) is 26.3. The lowest BCUT2D eigenvalue weighted by molar-refractivity contribution is -0.250. The van der Waals surface area contributed by atoms with Crippen molar-refractivity contribution < 1.29 is 9.47 Å². The molecule has 3 nitrogen and oxygen atoms in total. The maximum absolute atomic E-state index is 6.03. The minimum atomic E-state index is -0.246. The summed E-state index contributed by atoms with van der Waals surface area (Å²) in [4.78, 5) is 2.29. The second-order valence-electron chi connectivity index (χ2n) is 9.67. The summed E-state index contributed by atoms with van der Waals surface area (Å²) in [7, 11) is 1.73. The Kier molecular flexibility index (Phi) is 5.40. The minimum Gasteiger partial charge on any atom is -0.343 e. The van der Waals surface area contributed by atoms with E-state index in [1.54, 1.807) is 12.6 Å². The van der Waals surface area contributed by atoms with Gasteiger partial charge in [-0.2, -0.15) is 0 Å². The zero-order valence-corrected chi connectivity index (χ0v) is 16.5. The number of ether oxygens (including phenoxy) is 2. The molecule has 0 N–H and O–H groups in total. The fraction of sp³-hybridized carbons (Fsp3) is 0.895. The second kappa shape index (κ2) is 6.53. The first kappa shape index (κ1) is 19.0. The standard InChI is InChI=1S/C19H36BNO2/c1-17(2,3)23-16(22-8)21-11-9-15(10-12-21)20-13-18(4,5)19(6,7)14-20/h9,16H,10-14H2,1-8H3. The molecular formula is C19H36BNO2. The van der Waals surface area contributed by atoms with Gasteiger partial charge in [-0.1, -0.05) is 46.4 Å². The van der Waals surface area contributed by atoms with Crippen LogP contribution in [-0.4, -0.2) is 43.8 Å². The minimum absolute atomic E-state index is 0.190. The molecule has 0 aromatic carbocycles. The van der Waals surface area contributed by atoms with Crippen LogP contribution < -0.4 is 0 Å². The Morgan fingerprint density at radius 2 is 1.70 bits per heavy atom. The Balaban J connectivity index is 1.99. The van der Waals surface area contributed by atoms with Crippen molar-refractivity contribution in [3.8, 4) is 0 Å². The van der Waals surface area contributed by atoms with Gasteiger partial charge >= 0.3 is 0 Å². The van der Waals surface area contributed by atoms with Crippen molar-refractivity contribution in [1.29, 1.82) is 0 Å². The number of rotatable bonds is 4. The highest BCUT2D eigenvalue weighted by Crippen LogP contribution is 2.54. The molecule has 2 aliphatic rings. The molecule has 0 saturated carbocycles. The van der Waals surface area contributed by atoms with E-state index in [0.717, 1.165) is 26.2 Å². The van der Waals surface area contributed by atoms with Gasteiger partial charge in [0, 0.05) is 20.2 Å². The van der Waals surface area contributed by atoms with Crippen LogP contribution in [0, 0.1) is 10.8 Å². The van der Waals surface area contributed by atoms with Gasteiger partial charge in [0.1, 0.15) is 0 Å². The van der Waals surface area contributed by atoms with Crippen molar-refractivity contribution in [2.45, 2.75) is 79.5 Å². The molecule has 1 fully saturated rings. The first-order chi connectivity index (χ1) is 10.5. The van der Waals surface area contributed by atoms with Crippen molar-refractivity contribution in [2.24, 2.45) is 10.8 Å². The van der Waals surface area contributed by atoms with Crippen molar-refractivity contribution >= 4 is 6.71 Å². The van der Waals surface area contributed by atoms with Crippen LogP contribution in [0.5, 0.6) is 0 Å². The van der Waals surface area contributed by atoms with Crippen LogP contribution in [0.3, 0.4) is 0 Å². The summed E-state index contributed by atoms with van der Waals surface area (Å²) in [5.41, 5.74) is 2.33. The van der Waals surface area contributed by atoms with Gasteiger partial charge < -0.3 is 9.47 Å². The van der Waals surface area contributed by atoms with Crippen molar-refractivity contribution in [3.05, 3.63) is 11.5 Å². The van der Waals surface area contributed by atoms with Crippen LogP contribution in [0.4, 0.5) is 0 Å². The number of hydrogen-bond acceptors (Lipinski definition) is 3. The monoisotopic (exact) mass is 321 g/mol. The summed E-state index contributed by atoms with van der Waals surface area (Å²) < 4.78 is 11.6. The van der Waals surface area contributed by atoms with E-state index in [0.29, 0.717) is 10.8 Å². The first-order valence-electron chi connectivity index (χ1n) is 9.09. The van der Waals surface area contributed by atoms with Crippen LogP contribution >= 0.6 is 0 Å². The molecule has 132 valence electrons. The summed E-state index contributed by atoms with van der Waals surface area (Å²) in [6.07, 6.45) is 5.97. The van der Waals surface area contributed by atoms with Crippen LogP contribution in [0.2, 0.25) is 12.6 Å². The first-order valence-corrected chi connectivity index (χ1v) is 9.09. The van der Waals surface area contributed by atoms with E-state index in [1.165, 1.54) is 12.6 Å². The van der Waals surface area contributed by atoms with Gasteiger partial charge in [-0.3, -0.25) is 4.90 Å². The van der Waals surface area contributed by atoms with E-state index in [4.69, 9.17) is 9.47 Å². The molecule has 0 aromatic rings. The molecule has 0 aromatic heterocycles. The quantitative estimate of drug-likeness (QED) is 0.563. The average molecular weight is 321 g/mol. The predicted octanol–water partition coefficient (Wildman–Crippen LogP) is 4.46. The fourth-order valence-corrected chi connectivity index (χ4v) is 3.96. The third-order valence-corrected chi connectivity index (χ3v) is 6.10. The van der Waals surface area contributed by atoms with E-state index in [1.807, 2.05) is 0 Å². The predicted molar refractivity (Wildman–Crippen MR) is 98.8 cm³/mol. The highest BCUT2D eigenvalue weighted by Gasteiger charge is 2.48. The lowest BCUT2D eigenvalue weighted by Gasteiger charge is -2.37. The lowest BCUT2D eigenvalue weighted by Crippen LogP contribution is -2.45. The second-order valence-corrected chi connectivity index (χ2v) is 9.67. The zero-order chi connectivity index (χ0) is 17.5. The lowest BCUT2D eigenvalue weighted by atomic mass is 9.40. The molecule has 0 amide bonds.